The van der Waals surface area contributed by atoms with Gasteiger partial charge in [0.25, 0.3) is 0 Å². The van der Waals surface area contributed by atoms with E-state index in [2.05, 4.69) is 29.4 Å². The van der Waals surface area contributed by atoms with Crippen LogP contribution in [0, 0.1) is 0 Å². The fourth-order valence-corrected chi connectivity index (χ4v) is 2.69. The van der Waals surface area contributed by atoms with Crippen LogP contribution >= 0.6 is 0 Å². The number of carbonyl (C=O) groups excluding carboxylic acids is 1. The number of methoxy groups -OCH3 is 2. The van der Waals surface area contributed by atoms with Crippen molar-refractivity contribution >= 4 is 17.4 Å². The molecule has 0 unspecified atom stereocenters. The second-order valence-electron chi connectivity index (χ2n) is 5.72. The number of ether oxygens (including phenoxy) is 2. The van der Waals surface area contributed by atoms with E-state index in [-0.39, 0.29) is 6.03 Å². The highest BCUT2D eigenvalue weighted by molar-refractivity contribution is 5.89. The maximum Gasteiger partial charge on any atom is 0.319 e. The van der Waals surface area contributed by atoms with Crippen molar-refractivity contribution in [2.75, 3.05) is 37.5 Å². The Hall–Kier alpha value is -2.89. The fourth-order valence-electron chi connectivity index (χ4n) is 2.69. The molecule has 0 aliphatic carbocycles. The summed E-state index contributed by atoms with van der Waals surface area (Å²) in [6, 6.07) is 13.1. The standard InChI is InChI=1S/C20H27N3O3/c1-5-23(6-2)17-10-8-16(9-11-17)22-20(24)21-14-15-7-12-18(25-3)19(13-15)26-4/h7-13H,5-6,14H2,1-4H3,(H2,21,22,24). The molecule has 2 amide bonds. The third-order valence-corrected chi connectivity index (χ3v) is 4.15. The second kappa shape index (κ2) is 9.56. The van der Waals surface area contributed by atoms with Crippen molar-refractivity contribution in [3.05, 3.63) is 48.0 Å². The van der Waals surface area contributed by atoms with E-state index in [9.17, 15) is 4.79 Å². The maximum absolute atomic E-state index is 12.1. The number of nitrogens with one attached hydrogen (secondary N) is 2. The summed E-state index contributed by atoms with van der Waals surface area (Å²) in [5.41, 5.74) is 2.83. The first-order valence-electron chi connectivity index (χ1n) is 8.72. The summed E-state index contributed by atoms with van der Waals surface area (Å²) in [4.78, 5) is 14.4. The molecule has 0 atom stereocenters. The van der Waals surface area contributed by atoms with Gasteiger partial charge in [0.1, 0.15) is 0 Å². The zero-order valence-corrected chi connectivity index (χ0v) is 15.8. The Kier molecular flexibility index (Phi) is 7.14. The Morgan fingerprint density at radius 1 is 0.962 bits per heavy atom. The van der Waals surface area contributed by atoms with Gasteiger partial charge in [-0.15, -0.1) is 0 Å². The number of amides is 2. The van der Waals surface area contributed by atoms with Crippen molar-refractivity contribution in [2.45, 2.75) is 20.4 Å². The molecule has 2 aromatic rings. The minimum atomic E-state index is -0.254. The van der Waals surface area contributed by atoms with Crippen LogP contribution in [0.5, 0.6) is 11.5 Å². The molecule has 0 aromatic heterocycles. The van der Waals surface area contributed by atoms with Gasteiger partial charge in [-0.1, -0.05) is 6.07 Å². The van der Waals surface area contributed by atoms with Crippen LogP contribution in [0.4, 0.5) is 16.2 Å². The van der Waals surface area contributed by atoms with E-state index >= 15 is 0 Å². The molecule has 6 heteroatoms. The lowest BCUT2D eigenvalue weighted by atomic mass is 10.2. The topological polar surface area (TPSA) is 62.8 Å². The summed E-state index contributed by atoms with van der Waals surface area (Å²) in [5.74, 6) is 1.30. The van der Waals surface area contributed by atoms with Crippen molar-refractivity contribution in [1.29, 1.82) is 0 Å². The predicted molar refractivity (Wildman–Crippen MR) is 105 cm³/mol. The summed E-state index contributed by atoms with van der Waals surface area (Å²) in [6.07, 6.45) is 0. The molecular weight excluding hydrogens is 330 g/mol. The van der Waals surface area contributed by atoms with E-state index in [0.717, 1.165) is 30.0 Å². The van der Waals surface area contributed by atoms with E-state index in [4.69, 9.17) is 9.47 Å². The van der Waals surface area contributed by atoms with Gasteiger partial charge in [0, 0.05) is 31.0 Å². The first kappa shape index (κ1) is 19.4. The third-order valence-electron chi connectivity index (χ3n) is 4.15. The SMILES string of the molecule is CCN(CC)c1ccc(NC(=O)NCc2ccc(OC)c(OC)c2)cc1. The Morgan fingerprint density at radius 3 is 2.19 bits per heavy atom. The van der Waals surface area contributed by atoms with Crippen LogP contribution in [-0.2, 0) is 6.54 Å². The molecule has 0 radical (unpaired) electrons. The number of hydrogen-bond donors (Lipinski definition) is 2. The molecule has 140 valence electrons. The van der Waals surface area contributed by atoms with Crippen LogP contribution in [0.1, 0.15) is 19.4 Å². The molecule has 26 heavy (non-hydrogen) atoms. The average molecular weight is 357 g/mol. The number of anilines is 2. The van der Waals surface area contributed by atoms with E-state index in [1.165, 1.54) is 0 Å². The molecular formula is C20H27N3O3. The van der Waals surface area contributed by atoms with Gasteiger partial charge >= 0.3 is 6.03 Å². The molecule has 6 nitrogen and oxygen atoms in total. The smallest absolute Gasteiger partial charge is 0.319 e. The van der Waals surface area contributed by atoms with Crippen molar-refractivity contribution in [3.8, 4) is 11.5 Å². The van der Waals surface area contributed by atoms with E-state index in [1.807, 2.05) is 42.5 Å². The quantitative estimate of drug-likeness (QED) is 0.753. The van der Waals surface area contributed by atoms with Gasteiger partial charge in [-0.05, 0) is 55.8 Å². The summed E-state index contributed by atoms with van der Waals surface area (Å²) in [7, 11) is 3.18. The van der Waals surface area contributed by atoms with Crippen LogP contribution in [0.3, 0.4) is 0 Å². The lowest BCUT2D eigenvalue weighted by Gasteiger charge is -2.21. The molecule has 2 N–H and O–H groups in total. The molecule has 0 aliphatic rings. The van der Waals surface area contributed by atoms with Gasteiger partial charge in [-0.25, -0.2) is 4.79 Å². The van der Waals surface area contributed by atoms with Gasteiger partial charge in [0.2, 0.25) is 0 Å². The highest BCUT2D eigenvalue weighted by atomic mass is 16.5. The van der Waals surface area contributed by atoms with Gasteiger partial charge in [-0.3, -0.25) is 0 Å². The van der Waals surface area contributed by atoms with Crippen molar-refractivity contribution in [1.82, 2.24) is 5.32 Å². The fraction of sp³-hybridized carbons (Fsp3) is 0.350. The lowest BCUT2D eigenvalue weighted by molar-refractivity contribution is 0.251. The minimum absolute atomic E-state index is 0.254. The number of hydrogen-bond acceptors (Lipinski definition) is 4. The van der Waals surface area contributed by atoms with E-state index in [0.29, 0.717) is 18.0 Å². The van der Waals surface area contributed by atoms with E-state index < -0.39 is 0 Å². The van der Waals surface area contributed by atoms with E-state index in [1.54, 1.807) is 14.2 Å². The molecule has 0 fully saturated rings. The largest absolute Gasteiger partial charge is 0.493 e. The van der Waals surface area contributed by atoms with Crippen molar-refractivity contribution in [2.24, 2.45) is 0 Å². The zero-order valence-electron chi connectivity index (χ0n) is 15.8. The first-order valence-corrected chi connectivity index (χ1v) is 8.72. The summed E-state index contributed by atoms with van der Waals surface area (Å²) in [5, 5.41) is 5.68. The Balaban J connectivity index is 1.91. The Bertz CT molecular complexity index is 713. The minimum Gasteiger partial charge on any atom is -0.493 e. The highest BCUT2D eigenvalue weighted by Crippen LogP contribution is 2.27. The molecule has 0 saturated heterocycles. The normalized spacial score (nSPS) is 10.2. The van der Waals surface area contributed by atoms with Gasteiger partial charge in [-0.2, -0.15) is 0 Å². The first-order chi connectivity index (χ1) is 12.6. The second-order valence-corrected chi connectivity index (χ2v) is 5.72. The van der Waals surface area contributed by atoms with Crippen LogP contribution in [0.25, 0.3) is 0 Å². The molecule has 0 spiro atoms. The summed E-state index contributed by atoms with van der Waals surface area (Å²) in [6.45, 7) is 6.54. The van der Waals surface area contributed by atoms with Crippen LogP contribution in [-0.4, -0.2) is 33.3 Å². The maximum atomic E-state index is 12.1. The van der Waals surface area contributed by atoms with Gasteiger partial charge < -0.3 is 25.0 Å². The van der Waals surface area contributed by atoms with Crippen LogP contribution < -0.4 is 25.0 Å². The Labute approximate surface area is 155 Å². The molecule has 0 saturated carbocycles. The third kappa shape index (κ3) is 5.05. The van der Waals surface area contributed by atoms with Gasteiger partial charge in [0.05, 0.1) is 14.2 Å². The number of nitrogens with zero attached hydrogens (tertiary/aromatic N) is 1. The van der Waals surface area contributed by atoms with Crippen LogP contribution in [0.15, 0.2) is 42.5 Å². The molecule has 0 heterocycles. The molecule has 2 rings (SSSR count). The number of rotatable bonds is 8. The zero-order chi connectivity index (χ0) is 18.9. The van der Waals surface area contributed by atoms with Crippen molar-refractivity contribution in [3.63, 3.8) is 0 Å². The molecule has 0 bridgehead atoms. The van der Waals surface area contributed by atoms with Crippen LogP contribution in [0.2, 0.25) is 0 Å². The number of urea groups is 1. The molecule has 2 aromatic carbocycles. The number of benzene rings is 2. The van der Waals surface area contributed by atoms with Gasteiger partial charge in [0.15, 0.2) is 11.5 Å². The van der Waals surface area contributed by atoms with Crippen molar-refractivity contribution < 1.29 is 14.3 Å². The monoisotopic (exact) mass is 357 g/mol. The number of carbonyl (C=O) groups is 1. The summed E-state index contributed by atoms with van der Waals surface area (Å²) < 4.78 is 10.5. The highest BCUT2D eigenvalue weighted by Gasteiger charge is 2.07. The predicted octanol–water partition coefficient (Wildman–Crippen LogP) is 3.87. The lowest BCUT2D eigenvalue weighted by Crippen LogP contribution is -2.28. The Morgan fingerprint density at radius 2 is 1.62 bits per heavy atom. The average Bonchev–Trinajstić information content (AvgIpc) is 2.68. The molecule has 0 aliphatic heterocycles. The summed E-state index contributed by atoms with van der Waals surface area (Å²) >= 11 is 0.